The lowest BCUT2D eigenvalue weighted by atomic mass is 10.0. The number of esters is 2. The van der Waals surface area contributed by atoms with E-state index in [1.807, 2.05) is 21.1 Å². The van der Waals surface area contributed by atoms with E-state index in [0.29, 0.717) is 17.4 Å². The zero-order chi connectivity index (χ0) is 59.8. The molecule has 0 fully saturated rings. The quantitative estimate of drug-likeness (QED) is 0.0195. The van der Waals surface area contributed by atoms with Crippen LogP contribution in [-0.2, 0) is 32.7 Å². The van der Waals surface area contributed by atoms with Crippen LogP contribution in [0.15, 0.2) is 122 Å². The van der Waals surface area contributed by atoms with E-state index in [9.17, 15) is 19.0 Å². The molecule has 0 saturated carbocycles. The lowest BCUT2D eigenvalue weighted by Gasteiger charge is -2.28. The van der Waals surface area contributed by atoms with Gasteiger partial charge in [0.15, 0.2) is 6.10 Å². The molecule has 9 nitrogen and oxygen atoms in total. The van der Waals surface area contributed by atoms with Crippen molar-refractivity contribution in [3.05, 3.63) is 122 Å². The molecule has 2 unspecified atom stereocenters. The van der Waals surface area contributed by atoms with Crippen LogP contribution in [0.4, 0.5) is 0 Å². The number of allylic oxidation sites excluding steroid dienone is 20. The summed E-state index contributed by atoms with van der Waals surface area (Å²) >= 11 is 0. The van der Waals surface area contributed by atoms with E-state index in [4.69, 9.17) is 18.5 Å². The number of ether oxygens (including phenoxy) is 2. The molecule has 10 heteroatoms. The molecule has 0 amide bonds. The van der Waals surface area contributed by atoms with Crippen LogP contribution >= 0.6 is 7.82 Å². The second-order valence-corrected chi connectivity index (χ2v) is 24.5. The monoisotopic (exact) mass is 1160 g/mol. The number of phosphoric acid groups is 1. The predicted octanol–water partition coefficient (Wildman–Crippen LogP) is 20.9. The lowest BCUT2D eigenvalue weighted by Crippen LogP contribution is -2.37. The van der Waals surface area contributed by atoms with Crippen molar-refractivity contribution in [2.45, 2.75) is 277 Å². The topological polar surface area (TPSA) is 111 Å². The number of quaternary nitrogens is 1. The fraction of sp³-hybridized carbons (Fsp3) is 0.694. The standard InChI is InChI=1S/C72H124NO8P/c1-6-8-10-12-14-16-18-20-22-24-26-28-30-31-32-33-34-35-36-37-38-39-40-41-43-44-46-48-50-52-54-56-58-60-62-64-71(74)78-68-70(69-80-82(76,77)79-67-66-73(3,4)5)81-72(75)65-63-61-59-57-55-53-51-49-47-45-42-29-27-25-23-21-19-17-15-13-11-9-7-2/h8-11,14-17,20-23,26-29,45,47,51,53,70H,6-7,12-13,18-19,24-25,30-44,46,48-50,52,54-69H2,1-5H3/b10-8-,11-9-,16-14-,17-15-,22-20-,23-21-,28-26-,29-27-,47-45-,53-51-. The van der Waals surface area contributed by atoms with Crippen molar-refractivity contribution in [2.75, 3.05) is 47.5 Å². The molecular weight excluding hydrogens is 1040 g/mol. The Balaban J connectivity index is 4.06. The summed E-state index contributed by atoms with van der Waals surface area (Å²) < 4.78 is 34.2. The molecule has 0 N–H and O–H groups in total. The molecule has 0 aromatic heterocycles. The molecule has 0 aromatic rings. The lowest BCUT2D eigenvalue weighted by molar-refractivity contribution is -0.870. The molecule has 82 heavy (non-hydrogen) atoms. The van der Waals surface area contributed by atoms with Crippen LogP contribution in [0.1, 0.15) is 271 Å². The van der Waals surface area contributed by atoms with Crippen molar-refractivity contribution in [3.63, 3.8) is 0 Å². The Bertz CT molecular complexity index is 1800. The number of hydrogen-bond donors (Lipinski definition) is 0. The second-order valence-electron chi connectivity index (χ2n) is 23.1. The minimum absolute atomic E-state index is 0.0408. The molecule has 0 aliphatic rings. The van der Waals surface area contributed by atoms with Crippen molar-refractivity contribution in [1.82, 2.24) is 0 Å². The summed E-state index contributed by atoms with van der Waals surface area (Å²) in [5, 5.41) is 0. The van der Waals surface area contributed by atoms with E-state index in [1.165, 1.54) is 128 Å². The highest BCUT2D eigenvalue weighted by Gasteiger charge is 2.22. The van der Waals surface area contributed by atoms with Gasteiger partial charge in [-0.25, -0.2) is 0 Å². The third-order valence-corrected chi connectivity index (χ3v) is 14.9. The van der Waals surface area contributed by atoms with Gasteiger partial charge in [-0.15, -0.1) is 0 Å². The molecule has 0 heterocycles. The number of unbranched alkanes of at least 4 members (excludes halogenated alkanes) is 26. The van der Waals surface area contributed by atoms with Gasteiger partial charge in [0.05, 0.1) is 27.7 Å². The zero-order valence-electron chi connectivity index (χ0n) is 53.4. The Hall–Kier alpha value is -3.59. The van der Waals surface area contributed by atoms with Crippen LogP contribution in [0.3, 0.4) is 0 Å². The normalized spacial score (nSPS) is 14.0. The van der Waals surface area contributed by atoms with Crippen molar-refractivity contribution in [2.24, 2.45) is 0 Å². The largest absolute Gasteiger partial charge is 0.756 e. The first-order valence-corrected chi connectivity index (χ1v) is 34.7. The maximum atomic E-state index is 12.8. The Morgan fingerprint density at radius 1 is 0.378 bits per heavy atom. The van der Waals surface area contributed by atoms with Crippen LogP contribution in [0.5, 0.6) is 0 Å². The van der Waals surface area contributed by atoms with Crippen molar-refractivity contribution < 1.29 is 42.1 Å². The van der Waals surface area contributed by atoms with Gasteiger partial charge in [-0.2, -0.15) is 0 Å². The van der Waals surface area contributed by atoms with E-state index in [1.54, 1.807) is 0 Å². The maximum absolute atomic E-state index is 12.8. The van der Waals surface area contributed by atoms with Gasteiger partial charge in [-0.3, -0.25) is 14.2 Å². The molecule has 0 aliphatic heterocycles. The maximum Gasteiger partial charge on any atom is 0.306 e. The van der Waals surface area contributed by atoms with Crippen LogP contribution in [-0.4, -0.2) is 70.0 Å². The number of nitrogens with zero attached hydrogens (tertiary/aromatic N) is 1. The number of hydrogen-bond acceptors (Lipinski definition) is 8. The number of rotatable bonds is 60. The van der Waals surface area contributed by atoms with Gasteiger partial charge in [0.2, 0.25) is 0 Å². The van der Waals surface area contributed by atoms with Crippen molar-refractivity contribution in [1.29, 1.82) is 0 Å². The summed E-state index contributed by atoms with van der Waals surface area (Å²) in [6, 6.07) is 0. The van der Waals surface area contributed by atoms with Crippen molar-refractivity contribution in [3.8, 4) is 0 Å². The van der Waals surface area contributed by atoms with Crippen LogP contribution in [0.25, 0.3) is 0 Å². The Kier molecular flexibility index (Phi) is 59.2. The summed E-state index contributed by atoms with van der Waals surface area (Å²) in [6.07, 6.45) is 88.5. The molecule has 0 aliphatic carbocycles. The van der Waals surface area contributed by atoms with E-state index in [-0.39, 0.29) is 32.0 Å². The minimum atomic E-state index is -4.65. The summed E-state index contributed by atoms with van der Waals surface area (Å²) in [6.45, 7) is 3.99. The fourth-order valence-electron chi connectivity index (χ4n) is 8.95. The third-order valence-electron chi connectivity index (χ3n) is 14.0. The molecule has 2 atom stereocenters. The number of likely N-dealkylation sites (N-methyl/N-ethyl adjacent to an activating group) is 1. The van der Waals surface area contributed by atoms with E-state index >= 15 is 0 Å². The summed E-state index contributed by atoms with van der Waals surface area (Å²) in [5.74, 6) is -0.861. The first-order chi connectivity index (χ1) is 40.0. The average molecular weight is 1160 g/mol. The SMILES string of the molecule is CC/C=C\C/C=C\C/C=C\C/C=C\C/C=C\C/C=C\CCCCCCC(=O)OC(COC(=O)CCCCCCCCCCCCCCCCCCCCCCCC/C=C\C/C=C\C/C=C\C/C=C\CC)COP(=O)([O-])OCC[N+](C)(C)C. The van der Waals surface area contributed by atoms with Gasteiger partial charge in [0.25, 0.3) is 7.82 Å². The molecule has 0 radical (unpaired) electrons. The molecular formula is C72H124NO8P. The highest BCUT2D eigenvalue weighted by atomic mass is 31.2. The summed E-state index contributed by atoms with van der Waals surface area (Å²) in [4.78, 5) is 38.0. The fourth-order valence-corrected chi connectivity index (χ4v) is 9.68. The van der Waals surface area contributed by atoms with Gasteiger partial charge in [-0.05, 0) is 103 Å². The number of carbonyl (C=O) groups excluding carboxylic acids is 2. The van der Waals surface area contributed by atoms with Crippen molar-refractivity contribution >= 4 is 19.8 Å². The molecule has 0 saturated heterocycles. The smallest absolute Gasteiger partial charge is 0.306 e. The molecule has 0 spiro atoms. The third kappa shape index (κ3) is 65.6. The minimum Gasteiger partial charge on any atom is -0.756 e. The number of carbonyl (C=O) groups is 2. The Labute approximate surface area is 505 Å². The first kappa shape index (κ1) is 78.4. The van der Waals surface area contributed by atoms with E-state index in [2.05, 4.69) is 135 Å². The Morgan fingerprint density at radius 3 is 0.976 bits per heavy atom. The highest BCUT2D eigenvalue weighted by Crippen LogP contribution is 2.38. The second kappa shape index (κ2) is 62.0. The van der Waals surface area contributed by atoms with Gasteiger partial charge in [-0.1, -0.05) is 277 Å². The van der Waals surface area contributed by atoms with Gasteiger partial charge < -0.3 is 27.9 Å². The zero-order valence-corrected chi connectivity index (χ0v) is 54.3. The molecule has 0 aromatic carbocycles. The summed E-state index contributed by atoms with van der Waals surface area (Å²) in [7, 11) is 1.14. The van der Waals surface area contributed by atoms with Crippen LogP contribution in [0, 0.1) is 0 Å². The molecule has 0 bridgehead atoms. The van der Waals surface area contributed by atoms with Crippen LogP contribution in [0.2, 0.25) is 0 Å². The predicted molar refractivity (Wildman–Crippen MR) is 351 cm³/mol. The molecule has 470 valence electrons. The highest BCUT2D eigenvalue weighted by molar-refractivity contribution is 7.45. The average Bonchev–Trinajstić information content (AvgIpc) is 3.46. The summed E-state index contributed by atoms with van der Waals surface area (Å²) in [5.41, 5.74) is 0. The first-order valence-electron chi connectivity index (χ1n) is 33.2. The van der Waals surface area contributed by atoms with Gasteiger partial charge in [0, 0.05) is 12.8 Å². The van der Waals surface area contributed by atoms with Gasteiger partial charge >= 0.3 is 11.9 Å². The van der Waals surface area contributed by atoms with E-state index in [0.717, 1.165) is 109 Å². The number of phosphoric ester groups is 1. The Morgan fingerprint density at radius 2 is 0.659 bits per heavy atom. The van der Waals surface area contributed by atoms with E-state index < -0.39 is 26.5 Å². The van der Waals surface area contributed by atoms with Gasteiger partial charge in [0.1, 0.15) is 19.8 Å². The molecule has 0 rings (SSSR count). The van der Waals surface area contributed by atoms with Crippen LogP contribution < -0.4 is 4.89 Å².